The molecule has 0 unspecified atom stereocenters. The third-order valence-corrected chi connectivity index (χ3v) is 5.40. The number of hydrogen-bond acceptors (Lipinski definition) is 2. The molecule has 1 fully saturated rings. The quantitative estimate of drug-likeness (QED) is 0.874. The molecule has 0 aliphatic heterocycles. The molecule has 1 saturated carbocycles. The maximum atomic E-state index is 11.6. The SMILES string of the molecule is C#CC(c1ccccc1)(c1ccccc1)C1(NC(=O)[O-])CCCCC1. The first kappa shape index (κ1) is 17.1. The number of carboxylic acid groups (broad SMARTS) is 1. The number of terminal acetylenes is 1. The van der Waals surface area contributed by atoms with Crippen LogP contribution in [0.25, 0.3) is 0 Å². The van der Waals surface area contributed by atoms with E-state index in [0.717, 1.165) is 30.4 Å². The van der Waals surface area contributed by atoms with Gasteiger partial charge in [0.1, 0.15) is 11.5 Å². The van der Waals surface area contributed by atoms with E-state index in [1.54, 1.807) is 0 Å². The number of carbonyl (C=O) groups is 1. The van der Waals surface area contributed by atoms with E-state index in [4.69, 9.17) is 6.42 Å². The largest absolute Gasteiger partial charge is 0.530 e. The summed E-state index contributed by atoms with van der Waals surface area (Å²) in [6.07, 6.45) is 9.22. The Kier molecular flexibility index (Phi) is 4.81. The molecule has 0 bridgehead atoms. The fourth-order valence-corrected chi connectivity index (χ4v) is 4.34. The highest BCUT2D eigenvalue weighted by Crippen LogP contribution is 2.48. The molecular formula is C22H22NO2-. The van der Waals surface area contributed by atoms with Gasteiger partial charge < -0.3 is 15.2 Å². The Balaban J connectivity index is 2.29. The minimum atomic E-state index is -1.27. The first-order chi connectivity index (χ1) is 12.1. The topological polar surface area (TPSA) is 52.2 Å². The molecule has 0 saturated heterocycles. The Morgan fingerprint density at radius 2 is 1.44 bits per heavy atom. The molecule has 128 valence electrons. The van der Waals surface area contributed by atoms with Crippen molar-refractivity contribution in [3.05, 3.63) is 71.8 Å². The number of amides is 1. The standard InChI is InChI=1S/C22H23NO2/c1-2-22(18-12-6-3-7-13-18,19-14-8-4-9-15-19)21(23-20(24)25)16-10-5-11-17-21/h1,3-4,6-9,12-15,23H,5,10-11,16-17H2,(H,24,25)/p-1. The van der Waals surface area contributed by atoms with Crippen molar-refractivity contribution in [1.82, 2.24) is 5.32 Å². The van der Waals surface area contributed by atoms with Gasteiger partial charge >= 0.3 is 0 Å². The second-order valence-electron chi connectivity index (χ2n) is 6.68. The van der Waals surface area contributed by atoms with Crippen LogP contribution in [0.1, 0.15) is 43.2 Å². The van der Waals surface area contributed by atoms with Gasteiger partial charge in [-0.3, -0.25) is 0 Å². The molecule has 0 radical (unpaired) electrons. The van der Waals surface area contributed by atoms with Crippen LogP contribution in [-0.2, 0) is 5.41 Å². The molecule has 2 aromatic rings. The molecule has 0 aromatic heterocycles. The number of rotatable bonds is 4. The summed E-state index contributed by atoms with van der Waals surface area (Å²) in [7, 11) is 0. The fourth-order valence-electron chi connectivity index (χ4n) is 4.34. The van der Waals surface area contributed by atoms with Crippen molar-refractivity contribution in [2.24, 2.45) is 0 Å². The lowest BCUT2D eigenvalue weighted by molar-refractivity contribution is -0.254. The van der Waals surface area contributed by atoms with Gasteiger partial charge in [0.15, 0.2) is 0 Å². The second-order valence-corrected chi connectivity index (χ2v) is 6.68. The van der Waals surface area contributed by atoms with Crippen molar-refractivity contribution >= 4 is 6.09 Å². The van der Waals surface area contributed by atoms with E-state index in [1.807, 2.05) is 60.7 Å². The van der Waals surface area contributed by atoms with Crippen LogP contribution in [0.3, 0.4) is 0 Å². The molecule has 0 atom stereocenters. The average molecular weight is 332 g/mol. The van der Waals surface area contributed by atoms with Crippen LogP contribution in [0.15, 0.2) is 60.7 Å². The lowest BCUT2D eigenvalue weighted by Gasteiger charge is -2.51. The number of benzene rings is 2. The summed E-state index contributed by atoms with van der Waals surface area (Å²) >= 11 is 0. The Bertz CT molecular complexity index is 716. The molecule has 1 aliphatic rings. The van der Waals surface area contributed by atoms with Gasteiger partial charge in [0.25, 0.3) is 0 Å². The van der Waals surface area contributed by atoms with Gasteiger partial charge in [0.05, 0.1) is 5.54 Å². The minimum Gasteiger partial charge on any atom is -0.530 e. The van der Waals surface area contributed by atoms with Gasteiger partial charge in [-0.05, 0) is 24.0 Å². The second kappa shape index (κ2) is 7.03. The molecule has 3 nitrogen and oxygen atoms in total. The maximum absolute atomic E-state index is 11.6. The zero-order valence-corrected chi connectivity index (χ0v) is 14.2. The van der Waals surface area contributed by atoms with Gasteiger partial charge in [0.2, 0.25) is 0 Å². The van der Waals surface area contributed by atoms with Crippen LogP contribution in [0.4, 0.5) is 4.79 Å². The smallest absolute Gasteiger partial charge is 0.134 e. The number of nitrogens with one attached hydrogen (secondary N) is 1. The van der Waals surface area contributed by atoms with Crippen LogP contribution in [0.2, 0.25) is 0 Å². The molecule has 1 N–H and O–H groups in total. The van der Waals surface area contributed by atoms with Crippen LogP contribution < -0.4 is 10.4 Å². The van der Waals surface area contributed by atoms with Gasteiger partial charge in [-0.2, -0.15) is 0 Å². The predicted molar refractivity (Wildman–Crippen MR) is 96.8 cm³/mol. The van der Waals surface area contributed by atoms with Crippen LogP contribution in [0.5, 0.6) is 0 Å². The lowest BCUT2D eigenvalue weighted by Crippen LogP contribution is -2.65. The maximum Gasteiger partial charge on any atom is 0.134 e. The summed E-state index contributed by atoms with van der Waals surface area (Å²) in [6, 6.07) is 19.6. The van der Waals surface area contributed by atoms with E-state index in [-0.39, 0.29) is 0 Å². The summed E-state index contributed by atoms with van der Waals surface area (Å²) in [5, 5.41) is 14.4. The van der Waals surface area contributed by atoms with Crippen molar-refractivity contribution in [2.45, 2.75) is 43.1 Å². The Hall–Kier alpha value is -2.73. The third kappa shape index (κ3) is 2.89. The van der Waals surface area contributed by atoms with E-state index < -0.39 is 17.0 Å². The zero-order chi connectivity index (χ0) is 17.8. The average Bonchev–Trinajstić information content (AvgIpc) is 2.65. The van der Waals surface area contributed by atoms with Crippen molar-refractivity contribution in [1.29, 1.82) is 0 Å². The van der Waals surface area contributed by atoms with E-state index in [0.29, 0.717) is 12.8 Å². The molecule has 1 amide bonds. The molecule has 3 rings (SSSR count). The van der Waals surface area contributed by atoms with Crippen molar-refractivity contribution < 1.29 is 9.90 Å². The van der Waals surface area contributed by atoms with Gasteiger partial charge in [-0.15, -0.1) is 6.42 Å². The normalized spacial score (nSPS) is 16.6. The van der Waals surface area contributed by atoms with Crippen molar-refractivity contribution in [3.8, 4) is 12.3 Å². The Labute approximate surface area is 149 Å². The van der Waals surface area contributed by atoms with Crippen molar-refractivity contribution in [2.75, 3.05) is 0 Å². The first-order valence-corrected chi connectivity index (χ1v) is 8.73. The van der Waals surface area contributed by atoms with Crippen LogP contribution in [0, 0.1) is 12.3 Å². The van der Waals surface area contributed by atoms with E-state index in [1.165, 1.54) is 0 Å². The summed E-state index contributed by atoms with van der Waals surface area (Å²) < 4.78 is 0. The van der Waals surface area contributed by atoms with Crippen LogP contribution >= 0.6 is 0 Å². The van der Waals surface area contributed by atoms with Gasteiger partial charge in [0, 0.05) is 0 Å². The van der Waals surface area contributed by atoms with E-state index in [2.05, 4.69) is 11.2 Å². The van der Waals surface area contributed by atoms with Gasteiger partial charge in [-0.1, -0.05) is 85.8 Å². The monoisotopic (exact) mass is 332 g/mol. The highest BCUT2D eigenvalue weighted by Gasteiger charge is 2.53. The Morgan fingerprint density at radius 3 is 1.84 bits per heavy atom. The highest BCUT2D eigenvalue weighted by atomic mass is 16.4. The molecule has 25 heavy (non-hydrogen) atoms. The zero-order valence-electron chi connectivity index (χ0n) is 14.2. The minimum absolute atomic E-state index is 0.689. The molecule has 1 aliphatic carbocycles. The summed E-state index contributed by atoms with van der Waals surface area (Å²) in [4.78, 5) is 11.6. The van der Waals surface area contributed by atoms with Gasteiger partial charge in [-0.25, -0.2) is 0 Å². The summed E-state index contributed by atoms with van der Waals surface area (Å²) in [5.41, 5.74) is 0.205. The van der Waals surface area contributed by atoms with Crippen LogP contribution in [-0.4, -0.2) is 11.6 Å². The third-order valence-electron chi connectivity index (χ3n) is 5.40. The fraction of sp³-hybridized carbons (Fsp3) is 0.318. The molecule has 0 heterocycles. The molecule has 2 aromatic carbocycles. The first-order valence-electron chi connectivity index (χ1n) is 8.73. The van der Waals surface area contributed by atoms with E-state index in [9.17, 15) is 9.90 Å². The number of hydrogen-bond donors (Lipinski definition) is 1. The number of carbonyl (C=O) groups excluding carboxylic acids is 1. The van der Waals surface area contributed by atoms with Crippen molar-refractivity contribution in [3.63, 3.8) is 0 Å². The Morgan fingerprint density at radius 1 is 0.960 bits per heavy atom. The summed E-state index contributed by atoms with van der Waals surface area (Å²) in [5.74, 6) is 3.01. The molecule has 3 heteroatoms. The highest BCUT2D eigenvalue weighted by molar-refractivity contribution is 5.66. The molecular weight excluding hydrogens is 310 g/mol. The van der Waals surface area contributed by atoms with E-state index >= 15 is 0 Å². The lowest BCUT2D eigenvalue weighted by atomic mass is 9.57. The predicted octanol–water partition coefficient (Wildman–Crippen LogP) is 3.24. The summed E-state index contributed by atoms with van der Waals surface area (Å²) in [6.45, 7) is 0. The molecule has 0 spiro atoms.